The smallest absolute Gasteiger partial charge is 0.142 e. The number of aryl methyl sites for hydroxylation is 2. The molecule has 0 bridgehead atoms. The lowest BCUT2D eigenvalue weighted by atomic mass is 10.1. The Morgan fingerprint density at radius 1 is 0.926 bits per heavy atom. The molecule has 0 aliphatic carbocycles. The molecule has 0 saturated heterocycles. The Morgan fingerprint density at radius 2 is 1.74 bits per heavy atom. The van der Waals surface area contributed by atoms with Gasteiger partial charge in [0.1, 0.15) is 12.5 Å². The first-order chi connectivity index (χ1) is 13.2. The average molecular weight is 356 g/mol. The minimum Gasteiger partial charge on any atom is -0.477 e. The topological polar surface area (TPSA) is 17.4 Å². The van der Waals surface area contributed by atoms with E-state index in [0.717, 1.165) is 25.4 Å². The van der Waals surface area contributed by atoms with Crippen LogP contribution in [0.1, 0.15) is 23.6 Å². The van der Waals surface area contributed by atoms with Crippen molar-refractivity contribution in [3.63, 3.8) is 0 Å². The molecule has 3 heteroatoms. The number of aromatic nitrogens is 1. The molecule has 0 amide bonds. The summed E-state index contributed by atoms with van der Waals surface area (Å²) in [5, 5.41) is 2.55. The van der Waals surface area contributed by atoms with Crippen molar-refractivity contribution in [3.8, 4) is 5.75 Å². The maximum Gasteiger partial charge on any atom is 0.142 e. The fourth-order valence-corrected chi connectivity index (χ4v) is 4.28. The van der Waals surface area contributed by atoms with Crippen LogP contribution in [0.15, 0.2) is 60.7 Å². The second-order valence-electron chi connectivity index (χ2n) is 7.46. The van der Waals surface area contributed by atoms with E-state index in [4.69, 9.17) is 4.74 Å². The minimum atomic E-state index is 0.631. The van der Waals surface area contributed by atoms with Crippen LogP contribution in [0, 0.1) is 6.92 Å². The Kier molecular flexibility index (Phi) is 3.91. The predicted octanol–water partition coefficient (Wildman–Crippen LogP) is 5.47. The third kappa shape index (κ3) is 2.70. The fraction of sp³-hybridized carbons (Fsp3) is 0.250. The number of rotatable bonds is 3. The average Bonchev–Trinajstić information content (AvgIpc) is 3.03. The van der Waals surface area contributed by atoms with Gasteiger partial charge < -0.3 is 9.30 Å². The van der Waals surface area contributed by atoms with Crippen LogP contribution in [0.3, 0.4) is 0 Å². The van der Waals surface area contributed by atoms with Gasteiger partial charge in [-0.25, -0.2) is 0 Å². The highest BCUT2D eigenvalue weighted by Gasteiger charge is 2.23. The highest BCUT2D eigenvalue weighted by molar-refractivity contribution is 6.11. The summed E-state index contributed by atoms with van der Waals surface area (Å²) in [4.78, 5) is 2.36. The maximum atomic E-state index is 6.32. The molecule has 1 aliphatic heterocycles. The zero-order chi connectivity index (χ0) is 18.4. The van der Waals surface area contributed by atoms with Crippen molar-refractivity contribution in [2.45, 2.75) is 33.5 Å². The molecule has 0 saturated carbocycles. The van der Waals surface area contributed by atoms with E-state index in [0.29, 0.717) is 6.73 Å². The van der Waals surface area contributed by atoms with Gasteiger partial charge in [-0.3, -0.25) is 4.90 Å². The van der Waals surface area contributed by atoms with E-state index >= 15 is 0 Å². The number of ether oxygens (including phenoxy) is 1. The van der Waals surface area contributed by atoms with Gasteiger partial charge >= 0.3 is 0 Å². The molecule has 3 aromatic carbocycles. The molecule has 0 fully saturated rings. The van der Waals surface area contributed by atoms with Crippen LogP contribution < -0.4 is 4.74 Å². The first-order valence-electron chi connectivity index (χ1n) is 9.68. The van der Waals surface area contributed by atoms with Crippen molar-refractivity contribution >= 4 is 21.8 Å². The summed E-state index contributed by atoms with van der Waals surface area (Å²) in [6, 6.07) is 21.9. The number of nitrogens with zero attached hydrogens (tertiary/aromatic N) is 2. The van der Waals surface area contributed by atoms with Crippen molar-refractivity contribution in [1.29, 1.82) is 0 Å². The van der Waals surface area contributed by atoms with E-state index < -0.39 is 0 Å². The molecule has 2 heterocycles. The molecule has 0 spiro atoms. The summed E-state index contributed by atoms with van der Waals surface area (Å²) in [6.07, 6.45) is 0. The first kappa shape index (κ1) is 16.4. The molecule has 3 nitrogen and oxygen atoms in total. The number of fused-ring (bicyclic) bond motifs is 5. The van der Waals surface area contributed by atoms with Crippen LogP contribution in [0.2, 0.25) is 0 Å². The van der Waals surface area contributed by atoms with Gasteiger partial charge in [0.25, 0.3) is 0 Å². The van der Waals surface area contributed by atoms with E-state index in [2.05, 4.69) is 84.0 Å². The summed E-state index contributed by atoms with van der Waals surface area (Å²) in [5.41, 5.74) is 6.46. The standard InChI is InChI=1S/C24H24N2O/c1-3-26-21-7-5-4-6-20(21)23-22(26)13-12-19-15-25(16-27-24(19)23)14-18-10-8-17(2)9-11-18/h4-13H,3,14-16H2,1-2H3. The normalized spacial score (nSPS) is 14.4. The van der Waals surface area contributed by atoms with Crippen molar-refractivity contribution in [2.24, 2.45) is 0 Å². The van der Waals surface area contributed by atoms with Gasteiger partial charge in [0.2, 0.25) is 0 Å². The summed E-state index contributed by atoms with van der Waals surface area (Å²) >= 11 is 0. The molecular weight excluding hydrogens is 332 g/mol. The van der Waals surface area contributed by atoms with Crippen LogP contribution in [0.5, 0.6) is 5.75 Å². The molecule has 5 rings (SSSR count). The Balaban J connectivity index is 1.54. The molecule has 1 aliphatic rings. The fourth-order valence-electron chi connectivity index (χ4n) is 4.28. The molecule has 0 unspecified atom stereocenters. The summed E-state index contributed by atoms with van der Waals surface area (Å²) in [7, 11) is 0. The molecule has 136 valence electrons. The van der Waals surface area contributed by atoms with Crippen LogP contribution in [-0.4, -0.2) is 16.2 Å². The van der Waals surface area contributed by atoms with Gasteiger partial charge in [-0.05, 0) is 31.5 Å². The molecule has 1 aromatic heterocycles. The molecule has 0 radical (unpaired) electrons. The molecule has 27 heavy (non-hydrogen) atoms. The third-order valence-corrected chi connectivity index (χ3v) is 5.60. The lowest BCUT2D eigenvalue weighted by molar-refractivity contribution is 0.0904. The zero-order valence-electron chi connectivity index (χ0n) is 15.9. The molecule has 4 aromatic rings. The van der Waals surface area contributed by atoms with Gasteiger partial charge in [0.05, 0.1) is 5.52 Å². The lowest BCUT2D eigenvalue weighted by Crippen LogP contribution is -2.31. The predicted molar refractivity (Wildman–Crippen MR) is 111 cm³/mol. The highest BCUT2D eigenvalue weighted by atomic mass is 16.5. The number of hydrogen-bond donors (Lipinski definition) is 0. The Labute approximate surface area is 159 Å². The van der Waals surface area contributed by atoms with Crippen molar-refractivity contribution in [1.82, 2.24) is 9.47 Å². The van der Waals surface area contributed by atoms with Crippen molar-refractivity contribution < 1.29 is 4.74 Å². The molecule has 0 atom stereocenters. The zero-order valence-corrected chi connectivity index (χ0v) is 15.9. The van der Waals surface area contributed by atoms with E-state index in [9.17, 15) is 0 Å². The quantitative estimate of drug-likeness (QED) is 0.484. The van der Waals surface area contributed by atoms with Gasteiger partial charge in [-0.2, -0.15) is 0 Å². The third-order valence-electron chi connectivity index (χ3n) is 5.60. The summed E-state index contributed by atoms with van der Waals surface area (Å²) in [6.45, 7) is 7.75. The van der Waals surface area contributed by atoms with Crippen molar-refractivity contribution in [3.05, 3.63) is 77.4 Å². The van der Waals surface area contributed by atoms with Crippen LogP contribution in [0.4, 0.5) is 0 Å². The van der Waals surface area contributed by atoms with Gasteiger partial charge in [0.15, 0.2) is 0 Å². The SMILES string of the molecule is CCn1c2ccccc2c2c3c(ccc21)CN(Cc1ccc(C)cc1)CO3. The van der Waals surface area contributed by atoms with Crippen LogP contribution in [0.25, 0.3) is 21.8 Å². The summed E-state index contributed by atoms with van der Waals surface area (Å²) < 4.78 is 8.71. The van der Waals surface area contributed by atoms with Gasteiger partial charge in [-0.15, -0.1) is 0 Å². The minimum absolute atomic E-state index is 0.631. The van der Waals surface area contributed by atoms with Crippen LogP contribution >= 0.6 is 0 Å². The second kappa shape index (κ2) is 6.43. The lowest BCUT2D eigenvalue weighted by Gasteiger charge is -2.29. The monoisotopic (exact) mass is 356 g/mol. The second-order valence-corrected chi connectivity index (χ2v) is 7.46. The van der Waals surface area contributed by atoms with Gasteiger partial charge in [0, 0.05) is 41.5 Å². The largest absolute Gasteiger partial charge is 0.477 e. The maximum absolute atomic E-state index is 6.32. The van der Waals surface area contributed by atoms with E-state index in [1.807, 2.05) is 0 Å². The number of para-hydroxylation sites is 1. The first-order valence-corrected chi connectivity index (χ1v) is 9.68. The van der Waals surface area contributed by atoms with Crippen molar-refractivity contribution in [2.75, 3.05) is 6.73 Å². The number of benzene rings is 3. The number of hydrogen-bond acceptors (Lipinski definition) is 2. The van der Waals surface area contributed by atoms with E-state index in [-0.39, 0.29) is 0 Å². The molecular formula is C24H24N2O. The summed E-state index contributed by atoms with van der Waals surface area (Å²) in [5.74, 6) is 1.07. The van der Waals surface area contributed by atoms with E-state index in [1.54, 1.807) is 0 Å². The van der Waals surface area contributed by atoms with E-state index in [1.165, 1.54) is 38.5 Å². The molecule has 0 N–H and O–H groups in total. The Bertz CT molecular complexity index is 1120. The Morgan fingerprint density at radius 3 is 2.56 bits per heavy atom. The van der Waals surface area contributed by atoms with Gasteiger partial charge in [-0.1, -0.05) is 54.1 Å². The van der Waals surface area contributed by atoms with Crippen LogP contribution in [-0.2, 0) is 19.6 Å². The highest BCUT2D eigenvalue weighted by Crippen LogP contribution is 2.40. The Hall–Kier alpha value is -2.78.